The van der Waals surface area contributed by atoms with Crippen LogP contribution in [0.3, 0.4) is 0 Å². The highest BCUT2D eigenvalue weighted by molar-refractivity contribution is 5.39. The Hall–Kier alpha value is -1.09. The van der Waals surface area contributed by atoms with E-state index in [-0.39, 0.29) is 5.54 Å². The first-order chi connectivity index (χ1) is 9.67. The smallest absolute Gasteiger partial charge is 0.128 e. The molecule has 0 fully saturated rings. The molecule has 0 unspecified atom stereocenters. The summed E-state index contributed by atoms with van der Waals surface area (Å²) in [5, 5.41) is 3.50. The van der Waals surface area contributed by atoms with Crippen LogP contribution in [0.1, 0.15) is 54.2 Å². The summed E-state index contributed by atoms with van der Waals surface area (Å²) in [5.41, 5.74) is 1.23. The summed E-state index contributed by atoms with van der Waals surface area (Å²) in [7, 11) is 0. The van der Waals surface area contributed by atoms with Crippen LogP contribution in [-0.2, 0) is 6.54 Å². The lowest BCUT2D eigenvalue weighted by molar-refractivity contribution is 0.421. The van der Waals surface area contributed by atoms with Crippen molar-refractivity contribution in [2.45, 2.75) is 60.5 Å². The molecule has 0 bridgehead atoms. The van der Waals surface area contributed by atoms with E-state index in [2.05, 4.69) is 76.9 Å². The van der Waals surface area contributed by atoms with Crippen molar-refractivity contribution in [2.75, 3.05) is 18.0 Å². The fourth-order valence-corrected chi connectivity index (χ4v) is 2.24. The van der Waals surface area contributed by atoms with Crippen LogP contribution >= 0.6 is 0 Å². The normalized spacial score (nSPS) is 12.2. The molecule has 1 N–H and O–H groups in total. The van der Waals surface area contributed by atoms with Crippen LogP contribution in [0.25, 0.3) is 0 Å². The number of rotatable bonds is 7. The van der Waals surface area contributed by atoms with E-state index in [1.807, 2.05) is 0 Å². The molecule has 21 heavy (non-hydrogen) atoms. The lowest BCUT2D eigenvalue weighted by Gasteiger charge is -2.28. The summed E-state index contributed by atoms with van der Waals surface area (Å²) in [6, 6.07) is 6.35. The molecular formula is C18H33N3. The quantitative estimate of drug-likeness (QED) is 0.820. The van der Waals surface area contributed by atoms with E-state index in [9.17, 15) is 0 Å². The number of nitrogens with one attached hydrogen (secondary N) is 1. The fourth-order valence-electron chi connectivity index (χ4n) is 2.24. The van der Waals surface area contributed by atoms with Gasteiger partial charge >= 0.3 is 0 Å². The van der Waals surface area contributed by atoms with Crippen LogP contribution in [-0.4, -0.2) is 23.6 Å². The minimum Gasteiger partial charge on any atom is -0.356 e. The monoisotopic (exact) mass is 291 g/mol. The molecule has 1 aromatic heterocycles. The van der Waals surface area contributed by atoms with Crippen molar-refractivity contribution in [3.8, 4) is 0 Å². The highest BCUT2D eigenvalue weighted by Gasteiger charge is 2.13. The molecule has 0 aliphatic rings. The van der Waals surface area contributed by atoms with E-state index in [1.165, 1.54) is 0 Å². The highest BCUT2D eigenvalue weighted by atomic mass is 15.2. The largest absolute Gasteiger partial charge is 0.356 e. The zero-order valence-corrected chi connectivity index (χ0v) is 14.9. The third kappa shape index (κ3) is 7.47. The van der Waals surface area contributed by atoms with E-state index in [0.29, 0.717) is 11.8 Å². The summed E-state index contributed by atoms with van der Waals surface area (Å²) in [6.07, 6.45) is 0. The predicted octanol–water partition coefficient (Wildman–Crippen LogP) is 4.09. The first-order valence-corrected chi connectivity index (χ1v) is 8.13. The average Bonchev–Trinajstić information content (AvgIpc) is 2.34. The van der Waals surface area contributed by atoms with Gasteiger partial charge in [-0.15, -0.1) is 0 Å². The van der Waals surface area contributed by atoms with Gasteiger partial charge in [0.15, 0.2) is 0 Å². The first-order valence-electron chi connectivity index (χ1n) is 8.13. The van der Waals surface area contributed by atoms with Crippen molar-refractivity contribution in [1.82, 2.24) is 10.3 Å². The van der Waals surface area contributed by atoms with Gasteiger partial charge in [0, 0.05) is 25.2 Å². The average molecular weight is 291 g/mol. The van der Waals surface area contributed by atoms with Gasteiger partial charge in [-0.05, 0) is 44.7 Å². The van der Waals surface area contributed by atoms with Crippen LogP contribution in [0.5, 0.6) is 0 Å². The third-order valence-corrected chi connectivity index (χ3v) is 3.09. The lowest BCUT2D eigenvalue weighted by Crippen LogP contribution is -2.36. The second kappa shape index (κ2) is 7.79. The molecule has 0 radical (unpaired) electrons. The van der Waals surface area contributed by atoms with Gasteiger partial charge < -0.3 is 10.2 Å². The van der Waals surface area contributed by atoms with Crippen LogP contribution in [0, 0.1) is 11.8 Å². The van der Waals surface area contributed by atoms with Gasteiger partial charge in [0.1, 0.15) is 5.82 Å². The van der Waals surface area contributed by atoms with Crippen LogP contribution < -0.4 is 10.2 Å². The Labute approximate surface area is 131 Å². The maximum atomic E-state index is 4.85. The Kier molecular flexibility index (Phi) is 6.66. The van der Waals surface area contributed by atoms with E-state index in [1.54, 1.807) is 0 Å². The van der Waals surface area contributed by atoms with Crippen molar-refractivity contribution in [1.29, 1.82) is 0 Å². The van der Waals surface area contributed by atoms with Gasteiger partial charge in [0.05, 0.1) is 5.69 Å². The predicted molar refractivity (Wildman–Crippen MR) is 92.7 cm³/mol. The SMILES string of the molecule is CC(C)CN(CC(C)C)c1cccc(CNC(C)(C)C)n1. The van der Waals surface area contributed by atoms with Gasteiger partial charge in [-0.25, -0.2) is 4.98 Å². The maximum absolute atomic E-state index is 4.85. The molecule has 120 valence electrons. The topological polar surface area (TPSA) is 28.2 Å². The number of aromatic nitrogens is 1. The summed E-state index contributed by atoms with van der Waals surface area (Å²) in [4.78, 5) is 7.26. The number of hydrogen-bond acceptors (Lipinski definition) is 3. The molecule has 0 aromatic carbocycles. The van der Waals surface area contributed by atoms with Gasteiger partial charge in [-0.1, -0.05) is 33.8 Å². The van der Waals surface area contributed by atoms with Crippen molar-refractivity contribution < 1.29 is 0 Å². The number of pyridine rings is 1. The molecule has 0 spiro atoms. The Morgan fingerprint density at radius 3 is 2.10 bits per heavy atom. The molecule has 0 saturated carbocycles. The van der Waals surface area contributed by atoms with Gasteiger partial charge in [-0.3, -0.25) is 0 Å². The molecule has 1 aromatic rings. The minimum absolute atomic E-state index is 0.118. The molecule has 0 aliphatic heterocycles. The molecule has 3 nitrogen and oxygen atoms in total. The molecule has 1 heterocycles. The number of nitrogens with zero attached hydrogens (tertiary/aromatic N) is 2. The molecule has 0 atom stereocenters. The molecule has 0 saturated heterocycles. The van der Waals surface area contributed by atoms with Crippen molar-refractivity contribution in [2.24, 2.45) is 11.8 Å². The van der Waals surface area contributed by atoms with Crippen LogP contribution in [0.2, 0.25) is 0 Å². The molecular weight excluding hydrogens is 258 g/mol. The highest BCUT2D eigenvalue weighted by Crippen LogP contribution is 2.16. The van der Waals surface area contributed by atoms with Crippen LogP contribution in [0.4, 0.5) is 5.82 Å². The molecule has 0 aliphatic carbocycles. The summed E-state index contributed by atoms with van der Waals surface area (Å²) < 4.78 is 0. The third-order valence-electron chi connectivity index (χ3n) is 3.09. The fraction of sp³-hybridized carbons (Fsp3) is 0.722. The van der Waals surface area contributed by atoms with E-state index < -0.39 is 0 Å². The standard InChI is InChI=1S/C18H33N3/c1-14(2)12-21(13-15(3)4)17-10-8-9-16(20-17)11-19-18(5,6)7/h8-10,14-15,19H,11-13H2,1-7H3. The molecule has 0 amide bonds. The Morgan fingerprint density at radius 2 is 1.62 bits per heavy atom. The Morgan fingerprint density at radius 1 is 1.05 bits per heavy atom. The molecule has 3 heteroatoms. The second-order valence-electron chi connectivity index (χ2n) is 7.78. The van der Waals surface area contributed by atoms with Crippen LogP contribution in [0.15, 0.2) is 18.2 Å². The van der Waals surface area contributed by atoms with Gasteiger partial charge in [-0.2, -0.15) is 0 Å². The summed E-state index contributed by atoms with van der Waals surface area (Å²) >= 11 is 0. The van der Waals surface area contributed by atoms with Crippen molar-refractivity contribution in [3.05, 3.63) is 23.9 Å². The number of hydrogen-bond donors (Lipinski definition) is 1. The summed E-state index contributed by atoms with van der Waals surface area (Å²) in [5.74, 6) is 2.38. The van der Waals surface area contributed by atoms with E-state index >= 15 is 0 Å². The maximum Gasteiger partial charge on any atom is 0.128 e. The first kappa shape index (κ1) is 18.0. The van der Waals surface area contributed by atoms with E-state index in [4.69, 9.17) is 4.98 Å². The van der Waals surface area contributed by atoms with E-state index in [0.717, 1.165) is 31.1 Å². The Balaban J connectivity index is 2.83. The molecule has 1 rings (SSSR count). The summed E-state index contributed by atoms with van der Waals surface area (Å²) in [6.45, 7) is 18.5. The van der Waals surface area contributed by atoms with Gasteiger partial charge in [0.25, 0.3) is 0 Å². The second-order valence-corrected chi connectivity index (χ2v) is 7.78. The zero-order valence-electron chi connectivity index (χ0n) is 14.9. The van der Waals surface area contributed by atoms with Crippen molar-refractivity contribution in [3.63, 3.8) is 0 Å². The van der Waals surface area contributed by atoms with Crippen molar-refractivity contribution >= 4 is 5.82 Å². The zero-order chi connectivity index (χ0) is 16.0. The lowest BCUT2D eigenvalue weighted by atomic mass is 10.1. The van der Waals surface area contributed by atoms with Gasteiger partial charge in [0.2, 0.25) is 0 Å². The minimum atomic E-state index is 0.118. The number of anilines is 1. The Bertz CT molecular complexity index is 409.